The molecule has 0 radical (unpaired) electrons. The van der Waals surface area contributed by atoms with Gasteiger partial charge in [0.1, 0.15) is 11.7 Å². The van der Waals surface area contributed by atoms with Crippen LogP contribution >= 0.6 is 0 Å². The molecule has 1 unspecified atom stereocenters. The molecule has 1 aromatic rings. The number of aryl methyl sites for hydroxylation is 1. The fourth-order valence-corrected chi connectivity index (χ4v) is 4.04. The van der Waals surface area contributed by atoms with Crippen molar-refractivity contribution in [2.24, 2.45) is 5.92 Å². The minimum atomic E-state index is -0.585. The van der Waals surface area contributed by atoms with Crippen molar-refractivity contribution in [1.82, 2.24) is 25.3 Å². The summed E-state index contributed by atoms with van der Waals surface area (Å²) < 4.78 is 7.14. The van der Waals surface area contributed by atoms with Crippen molar-refractivity contribution in [2.45, 2.75) is 51.7 Å². The van der Waals surface area contributed by atoms with E-state index in [0.717, 1.165) is 25.9 Å². The Morgan fingerprint density at radius 3 is 2.85 bits per heavy atom. The Balaban J connectivity index is 1.77. The zero-order chi connectivity index (χ0) is 19.4. The number of hydrogen-bond donors (Lipinski definition) is 2. The molecule has 0 saturated carbocycles. The molecule has 3 rings (SSSR count). The summed E-state index contributed by atoms with van der Waals surface area (Å²) in [7, 11) is 0. The van der Waals surface area contributed by atoms with Crippen molar-refractivity contribution in [3.05, 3.63) is 18.0 Å². The SMILES string of the molecule is CCn1nccc1C(=O)NC1CN(CC(C)C)CC2(CCOCC2)NC1=O. The van der Waals surface area contributed by atoms with E-state index in [2.05, 4.69) is 34.5 Å². The van der Waals surface area contributed by atoms with Gasteiger partial charge >= 0.3 is 0 Å². The second-order valence-corrected chi connectivity index (χ2v) is 8.03. The van der Waals surface area contributed by atoms with Crippen molar-refractivity contribution in [1.29, 1.82) is 0 Å². The highest BCUT2D eigenvalue weighted by atomic mass is 16.5. The Hall–Kier alpha value is -1.93. The van der Waals surface area contributed by atoms with E-state index < -0.39 is 6.04 Å². The fraction of sp³-hybridized carbons (Fsp3) is 0.737. The van der Waals surface area contributed by atoms with Gasteiger partial charge in [0.15, 0.2) is 0 Å². The zero-order valence-corrected chi connectivity index (χ0v) is 16.5. The summed E-state index contributed by atoms with van der Waals surface area (Å²) in [6.07, 6.45) is 3.21. The van der Waals surface area contributed by atoms with Crippen molar-refractivity contribution >= 4 is 11.8 Å². The molecule has 1 spiro atoms. The lowest BCUT2D eigenvalue weighted by molar-refractivity contribution is -0.125. The van der Waals surface area contributed by atoms with Crippen molar-refractivity contribution in [3.8, 4) is 0 Å². The third-order valence-corrected chi connectivity index (χ3v) is 5.30. The molecule has 1 aromatic heterocycles. The highest BCUT2D eigenvalue weighted by Gasteiger charge is 2.41. The van der Waals surface area contributed by atoms with Gasteiger partial charge in [-0.05, 0) is 31.7 Å². The number of nitrogens with one attached hydrogen (secondary N) is 2. The summed E-state index contributed by atoms with van der Waals surface area (Å²) in [5.74, 6) is 0.106. The molecule has 3 heterocycles. The van der Waals surface area contributed by atoms with Crippen molar-refractivity contribution < 1.29 is 14.3 Å². The molecule has 2 fully saturated rings. The maximum atomic E-state index is 13.0. The van der Waals surface area contributed by atoms with Gasteiger partial charge in [-0.3, -0.25) is 19.2 Å². The molecule has 2 saturated heterocycles. The topological polar surface area (TPSA) is 88.5 Å². The maximum Gasteiger partial charge on any atom is 0.270 e. The Labute approximate surface area is 160 Å². The maximum absolute atomic E-state index is 13.0. The lowest BCUT2D eigenvalue weighted by Crippen LogP contribution is -2.57. The summed E-state index contributed by atoms with van der Waals surface area (Å²) in [4.78, 5) is 28.0. The normalized spacial score (nSPS) is 23.3. The van der Waals surface area contributed by atoms with E-state index in [-0.39, 0.29) is 17.4 Å². The van der Waals surface area contributed by atoms with Crippen LogP contribution in [0, 0.1) is 5.92 Å². The van der Waals surface area contributed by atoms with E-state index in [0.29, 0.717) is 37.9 Å². The van der Waals surface area contributed by atoms with Crippen LogP contribution in [0.3, 0.4) is 0 Å². The largest absolute Gasteiger partial charge is 0.381 e. The second kappa shape index (κ2) is 8.39. The summed E-state index contributed by atoms with van der Waals surface area (Å²) in [6, 6.07) is 1.10. The van der Waals surface area contributed by atoms with Gasteiger partial charge in [-0.15, -0.1) is 0 Å². The molecule has 8 nitrogen and oxygen atoms in total. The first-order chi connectivity index (χ1) is 12.9. The lowest BCUT2D eigenvalue weighted by atomic mass is 9.89. The molecule has 2 N–H and O–H groups in total. The number of carbonyl (C=O) groups is 2. The summed E-state index contributed by atoms with van der Waals surface area (Å²) in [5, 5.41) is 10.3. The predicted molar refractivity (Wildman–Crippen MR) is 101 cm³/mol. The second-order valence-electron chi connectivity index (χ2n) is 8.03. The standard InChI is InChI=1S/C19H31N5O3/c1-4-24-16(5-8-20-24)18(26)21-15-12-23(11-14(2)3)13-19(22-17(15)25)6-9-27-10-7-19/h5,8,14-15H,4,6-7,9-13H2,1-3H3,(H,21,26)(H,22,25). The Kier molecular flexibility index (Phi) is 6.16. The number of carbonyl (C=O) groups excluding carboxylic acids is 2. The van der Waals surface area contributed by atoms with E-state index in [1.54, 1.807) is 16.9 Å². The van der Waals surface area contributed by atoms with E-state index in [4.69, 9.17) is 4.74 Å². The Bertz CT molecular complexity index is 666. The highest BCUT2D eigenvalue weighted by molar-refractivity contribution is 5.96. The third-order valence-electron chi connectivity index (χ3n) is 5.30. The highest BCUT2D eigenvalue weighted by Crippen LogP contribution is 2.25. The molecule has 0 bridgehead atoms. The first kappa shape index (κ1) is 19.8. The van der Waals surface area contributed by atoms with Gasteiger partial charge in [0.2, 0.25) is 5.91 Å². The Morgan fingerprint density at radius 2 is 2.19 bits per heavy atom. The molecule has 8 heteroatoms. The van der Waals surface area contributed by atoms with Gasteiger partial charge in [-0.1, -0.05) is 13.8 Å². The van der Waals surface area contributed by atoms with Crippen molar-refractivity contribution in [3.63, 3.8) is 0 Å². The average molecular weight is 377 g/mol. The number of nitrogens with zero attached hydrogens (tertiary/aromatic N) is 3. The van der Waals surface area contributed by atoms with Crippen molar-refractivity contribution in [2.75, 3.05) is 32.8 Å². The number of hydrogen-bond acceptors (Lipinski definition) is 5. The molecule has 150 valence electrons. The van der Waals surface area contributed by atoms with Gasteiger partial charge in [0.25, 0.3) is 5.91 Å². The van der Waals surface area contributed by atoms with E-state index in [9.17, 15) is 9.59 Å². The number of amides is 2. The smallest absolute Gasteiger partial charge is 0.270 e. The molecule has 0 aliphatic carbocycles. The third kappa shape index (κ3) is 4.68. The first-order valence-corrected chi connectivity index (χ1v) is 9.87. The number of rotatable bonds is 5. The quantitative estimate of drug-likeness (QED) is 0.786. The molecule has 2 amide bonds. The minimum absolute atomic E-state index is 0.112. The molecular formula is C19H31N5O3. The van der Waals surface area contributed by atoms with Crippen LogP contribution in [0.1, 0.15) is 44.1 Å². The van der Waals surface area contributed by atoms with Crippen LogP contribution in [0.5, 0.6) is 0 Å². The Morgan fingerprint density at radius 1 is 1.44 bits per heavy atom. The van der Waals surface area contributed by atoms with Gasteiger partial charge in [-0.25, -0.2) is 0 Å². The van der Waals surface area contributed by atoms with Gasteiger partial charge in [-0.2, -0.15) is 5.10 Å². The van der Waals surface area contributed by atoms with E-state index in [1.165, 1.54) is 0 Å². The molecule has 1 atom stereocenters. The fourth-order valence-electron chi connectivity index (χ4n) is 4.04. The van der Waals surface area contributed by atoms with Crippen LogP contribution in [0.2, 0.25) is 0 Å². The monoisotopic (exact) mass is 377 g/mol. The molecule has 0 aromatic carbocycles. The summed E-state index contributed by atoms with van der Waals surface area (Å²) >= 11 is 0. The van der Waals surface area contributed by atoms with E-state index >= 15 is 0 Å². The number of ether oxygens (including phenoxy) is 1. The van der Waals surface area contributed by atoms with Gasteiger partial charge in [0, 0.05) is 45.6 Å². The van der Waals surface area contributed by atoms with Gasteiger partial charge in [0.05, 0.1) is 5.54 Å². The van der Waals surface area contributed by atoms with Crippen LogP contribution in [-0.4, -0.2) is 70.9 Å². The van der Waals surface area contributed by atoms with Crippen LogP contribution in [0.25, 0.3) is 0 Å². The summed E-state index contributed by atoms with van der Waals surface area (Å²) in [5.41, 5.74) is 0.209. The average Bonchev–Trinajstić information content (AvgIpc) is 3.05. The van der Waals surface area contributed by atoms with E-state index in [1.807, 2.05) is 6.92 Å². The molecule has 2 aliphatic rings. The zero-order valence-electron chi connectivity index (χ0n) is 16.5. The molecule has 2 aliphatic heterocycles. The van der Waals surface area contributed by atoms with Crippen LogP contribution < -0.4 is 10.6 Å². The van der Waals surface area contributed by atoms with Crippen LogP contribution in [0.4, 0.5) is 0 Å². The van der Waals surface area contributed by atoms with Crippen LogP contribution in [-0.2, 0) is 16.1 Å². The molecule has 27 heavy (non-hydrogen) atoms. The lowest BCUT2D eigenvalue weighted by Gasteiger charge is -2.39. The first-order valence-electron chi connectivity index (χ1n) is 9.87. The molecular weight excluding hydrogens is 346 g/mol. The predicted octanol–water partition coefficient (Wildman–Crippen LogP) is 0.638. The minimum Gasteiger partial charge on any atom is -0.381 e. The van der Waals surface area contributed by atoms with Gasteiger partial charge < -0.3 is 15.4 Å². The van der Waals surface area contributed by atoms with Crippen LogP contribution in [0.15, 0.2) is 12.3 Å². The summed E-state index contributed by atoms with van der Waals surface area (Å²) in [6.45, 7) is 10.4. The number of aromatic nitrogens is 2.